The number of carbonyl (C=O) groups excluding carboxylic acids is 1. The first kappa shape index (κ1) is 22.0. The summed E-state index contributed by atoms with van der Waals surface area (Å²) in [5, 5.41) is 3.14. The van der Waals surface area contributed by atoms with Gasteiger partial charge in [-0.05, 0) is 42.0 Å². The first-order valence-corrected chi connectivity index (χ1v) is 11.0. The van der Waals surface area contributed by atoms with Crippen molar-refractivity contribution in [3.63, 3.8) is 0 Å². The standard InChI is InChI=1S/C21H18Cl2N2O4S/c1-29-17-7-8-20(25-30(27,28)18-10-15(22)9-16(23)11-18)19(12-17)21(26)24-13-14-5-3-2-4-6-14/h2-12,25H,13H2,1H3,(H,24,26). The highest BCUT2D eigenvalue weighted by molar-refractivity contribution is 7.92. The van der Waals surface area contributed by atoms with Gasteiger partial charge in [-0.3, -0.25) is 9.52 Å². The molecule has 2 N–H and O–H groups in total. The minimum absolute atomic E-state index is 0.0949. The third kappa shape index (κ3) is 5.44. The third-order valence-corrected chi connectivity index (χ3v) is 5.94. The maximum atomic E-state index is 12.8. The number of ether oxygens (including phenoxy) is 1. The van der Waals surface area contributed by atoms with Crippen molar-refractivity contribution in [3.8, 4) is 5.75 Å². The van der Waals surface area contributed by atoms with Crippen LogP contribution in [0.5, 0.6) is 5.75 Å². The molecule has 0 spiro atoms. The van der Waals surface area contributed by atoms with Crippen LogP contribution in [-0.4, -0.2) is 21.4 Å². The van der Waals surface area contributed by atoms with Crippen LogP contribution in [0.3, 0.4) is 0 Å². The fourth-order valence-electron chi connectivity index (χ4n) is 2.69. The van der Waals surface area contributed by atoms with Crippen LogP contribution in [0.15, 0.2) is 71.6 Å². The molecule has 30 heavy (non-hydrogen) atoms. The van der Waals surface area contributed by atoms with Gasteiger partial charge in [0.25, 0.3) is 15.9 Å². The van der Waals surface area contributed by atoms with Crippen molar-refractivity contribution in [2.24, 2.45) is 0 Å². The largest absolute Gasteiger partial charge is 0.497 e. The lowest BCUT2D eigenvalue weighted by atomic mass is 10.1. The maximum Gasteiger partial charge on any atom is 0.262 e. The second-order valence-electron chi connectivity index (χ2n) is 6.29. The number of anilines is 1. The predicted octanol–water partition coefficient (Wildman–Crippen LogP) is 4.73. The summed E-state index contributed by atoms with van der Waals surface area (Å²) >= 11 is 11.8. The summed E-state index contributed by atoms with van der Waals surface area (Å²) < 4.78 is 33.3. The summed E-state index contributed by atoms with van der Waals surface area (Å²) in [4.78, 5) is 12.7. The average molecular weight is 465 g/mol. The maximum absolute atomic E-state index is 12.8. The molecule has 9 heteroatoms. The number of nitrogens with one attached hydrogen (secondary N) is 2. The quantitative estimate of drug-likeness (QED) is 0.528. The van der Waals surface area contributed by atoms with E-state index in [1.807, 2.05) is 30.3 Å². The van der Waals surface area contributed by atoms with Gasteiger partial charge in [0.1, 0.15) is 5.75 Å². The van der Waals surface area contributed by atoms with Crippen molar-refractivity contribution in [2.75, 3.05) is 11.8 Å². The molecule has 0 radical (unpaired) electrons. The number of sulfonamides is 1. The third-order valence-electron chi connectivity index (χ3n) is 4.16. The average Bonchev–Trinajstić information content (AvgIpc) is 2.72. The molecule has 0 aliphatic heterocycles. The Balaban J connectivity index is 1.90. The molecule has 0 aliphatic carbocycles. The van der Waals surface area contributed by atoms with Crippen molar-refractivity contribution in [2.45, 2.75) is 11.4 Å². The molecule has 6 nitrogen and oxygen atoms in total. The molecule has 0 atom stereocenters. The Morgan fingerprint density at radius 2 is 1.63 bits per heavy atom. The normalized spacial score (nSPS) is 11.0. The van der Waals surface area contributed by atoms with Crippen molar-refractivity contribution in [1.82, 2.24) is 5.32 Å². The van der Waals surface area contributed by atoms with E-state index in [0.29, 0.717) is 5.75 Å². The smallest absolute Gasteiger partial charge is 0.262 e. The van der Waals surface area contributed by atoms with E-state index in [-0.39, 0.29) is 32.7 Å². The van der Waals surface area contributed by atoms with Crippen LogP contribution in [0.2, 0.25) is 10.0 Å². The fraction of sp³-hybridized carbons (Fsp3) is 0.0952. The zero-order chi connectivity index (χ0) is 21.7. The van der Waals surface area contributed by atoms with Crippen molar-refractivity contribution in [3.05, 3.63) is 87.9 Å². The lowest BCUT2D eigenvalue weighted by Crippen LogP contribution is -2.25. The highest BCUT2D eigenvalue weighted by Crippen LogP contribution is 2.27. The van der Waals surface area contributed by atoms with Gasteiger partial charge in [0, 0.05) is 16.6 Å². The summed E-state index contributed by atoms with van der Waals surface area (Å²) in [6.07, 6.45) is 0. The topological polar surface area (TPSA) is 84.5 Å². The highest BCUT2D eigenvalue weighted by Gasteiger charge is 2.20. The highest BCUT2D eigenvalue weighted by atomic mass is 35.5. The minimum Gasteiger partial charge on any atom is -0.497 e. The molecule has 1 amide bonds. The van der Waals surface area contributed by atoms with E-state index in [4.69, 9.17) is 27.9 Å². The molecule has 0 saturated heterocycles. The van der Waals surface area contributed by atoms with Crippen LogP contribution in [0.1, 0.15) is 15.9 Å². The van der Waals surface area contributed by atoms with E-state index in [2.05, 4.69) is 10.0 Å². The summed E-state index contributed by atoms with van der Waals surface area (Å²) in [5.74, 6) is -0.0480. The number of rotatable bonds is 7. The monoisotopic (exact) mass is 464 g/mol. The molecule has 0 heterocycles. The van der Waals surface area contributed by atoms with Gasteiger partial charge < -0.3 is 10.1 Å². The Hall–Kier alpha value is -2.74. The summed E-state index contributed by atoms with van der Waals surface area (Å²) in [5.41, 5.74) is 1.11. The zero-order valence-corrected chi connectivity index (χ0v) is 18.2. The zero-order valence-electron chi connectivity index (χ0n) is 15.9. The van der Waals surface area contributed by atoms with Gasteiger partial charge in [-0.25, -0.2) is 8.42 Å². The van der Waals surface area contributed by atoms with Crippen molar-refractivity contribution in [1.29, 1.82) is 0 Å². The van der Waals surface area contributed by atoms with Gasteiger partial charge in [-0.1, -0.05) is 53.5 Å². The molecule has 0 saturated carbocycles. The van der Waals surface area contributed by atoms with Crippen LogP contribution in [0, 0.1) is 0 Å². The van der Waals surface area contributed by atoms with E-state index in [0.717, 1.165) is 5.56 Å². The van der Waals surface area contributed by atoms with Crippen molar-refractivity contribution >= 4 is 44.8 Å². The fourth-order valence-corrected chi connectivity index (χ4v) is 4.49. The molecule has 3 aromatic rings. The molecular formula is C21H18Cl2N2O4S. The minimum atomic E-state index is -4.04. The Morgan fingerprint density at radius 1 is 0.967 bits per heavy atom. The molecular weight excluding hydrogens is 447 g/mol. The number of hydrogen-bond donors (Lipinski definition) is 2. The molecule has 3 rings (SSSR count). The molecule has 0 aromatic heterocycles. The summed E-state index contributed by atoms with van der Waals surface area (Å²) in [7, 11) is -2.58. The van der Waals surface area contributed by atoms with Crippen LogP contribution in [0.25, 0.3) is 0 Å². The second kappa shape index (κ2) is 9.38. The Bertz CT molecular complexity index is 1150. The molecule has 0 unspecified atom stereocenters. The number of hydrogen-bond acceptors (Lipinski definition) is 4. The molecule has 0 fully saturated rings. The van der Waals surface area contributed by atoms with Gasteiger partial charge >= 0.3 is 0 Å². The second-order valence-corrected chi connectivity index (χ2v) is 8.85. The molecule has 0 aliphatic rings. The van der Waals surface area contributed by atoms with Crippen LogP contribution < -0.4 is 14.8 Å². The lowest BCUT2D eigenvalue weighted by Gasteiger charge is -2.14. The Labute approximate surface area is 184 Å². The van der Waals surface area contributed by atoms with Crippen LogP contribution in [-0.2, 0) is 16.6 Å². The van der Waals surface area contributed by atoms with Gasteiger partial charge in [-0.2, -0.15) is 0 Å². The number of amides is 1. The van der Waals surface area contributed by atoms with Crippen LogP contribution in [0.4, 0.5) is 5.69 Å². The number of methoxy groups -OCH3 is 1. The Kier molecular flexibility index (Phi) is 6.87. The van der Waals surface area contributed by atoms with E-state index in [1.54, 1.807) is 6.07 Å². The van der Waals surface area contributed by atoms with E-state index < -0.39 is 15.9 Å². The first-order valence-electron chi connectivity index (χ1n) is 8.77. The van der Waals surface area contributed by atoms with Gasteiger partial charge in [0.15, 0.2) is 0 Å². The number of benzene rings is 3. The molecule has 156 valence electrons. The van der Waals surface area contributed by atoms with E-state index in [1.165, 1.54) is 37.4 Å². The van der Waals surface area contributed by atoms with Crippen molar-refractivity contribution < 1.29 is 17.9 Å². The Morgan fingerprint density at radius 3 is 2.27 bits per heavy atom. The molecule has 3 aromatic carbocycles. The van der Waals surface area contributed by atoms with Gasteiger partial charge in [0.05, 0.1) is 23.3 Å². The first-order chi connectivity index (χ1) is 14.3. The number of halogens is 2. The lowest BCUT2D eigenvalue weighted by molar-refractivity contribution is 0.0951. The molecule has 0 bridgehead atoms. The number of carbonyl (C=O) groups is 1. The van der Waals surface area contributed by atoms with Gasteiger partial charge in [0.2, 0.25) is 0 Å². The predicted molar refractivity (Wildman–Crippen MR) is 118 cm³/mol. The van der Waals surface area contributed by atoms with E-state index in [9.17, 15) is 13.2 Å². The van der Waals surface area contributed by atoms with Gasteiger partial charge in [-0.15, -0.1) is 0 Å². The summed E-state index contributed by atoms with van der Waals surface area (Å²) in [6.45, 7) is 0.285. The SMILES string of the molecule is COc1ccc(NS(=O)(=O)c2cc(Cl)cc(Cl)c2)c(C(=O)NCc2ccccc2)c1. The summed E-state index contributed by atoms with van der Waals surface area (Å²) in [6, 6.07) is 17.8. The van der Waals surface area contributed by atoms with E-state index >= 15 is 0 Å². The van der Waals surface area contributed by atoms with Crippen LogP contribution >= 0.6 is 23.2 Å².